The van der Waals surface area contributed by atoms with Crippen molar-refractivity contribution >= 4 is 21.4 Å². The van der Waals surface area contributed by atoms with Crippen molar-refractivity contribution in [2.75, 3.05) is 0 Å². The van der Waals surface area contributed by atoms with Crippen LogP contribution in [0.5, 0.6) is 0 Å². The van der Waals surface area contributed by atoms with Crippen LogP contribution in [0.1, 0.15) is 23.6 Å². The van der Waals surface area contributed by atoms with Crippen LogP contribution in [-0.4, -0.2) is 22.9 Å². The third-order valence-electron chi connectivity index (χ3n) is 2.56. The number of halogens is 2. The number of nitrogens with zero attached hydrogens (tertiary/aromatic N) is 2. The molecule has 0 fully saturated rings. The zero-order valence-electron chi connectivity index (χ0n) is 10.2. The van der Waals surface area contributed by atoms with Gasteiger partial charge in [-0.15, -0.1) is 0 Å². The monoisotopic (exact) mass is 320 g/mol. The van der Waals surface area contributed by atoms with Gasteiger partial charge in [-0.25, -0.2) is 22.2 Å². The maximum atomic E-state index is 13.8. The zero-order valence-corrected chi connectivity index (χ0v) is 11.9. The molecule has 9 heteroatoms. The number of aromatic nitrogens is 2. The SMILES string of the molecule is CC(O)c1cc(F)c(S(=O)(=O)Cc2ncns2)cc1F. The summed E-state index contributed by atoms with van der Waals surface area (Å²) in [5.74, 6) is -2.63. The van der Waals surface area contributed by atoms with Crippen LogP contribution in [0.15, 0.2) is 23.4 Å². The highest BCUT2D eigenvalue weighted by molar-refractivity contribution is 7.90. The Balaban J connectivity index is 2.45. The Morgan fingerprint density at radius 2 is 2.05 bits per heavy atom. The van der Waals surface area contributed by atoms with E-state index in [2.05, 4.69) is 9.36 Å². The Labute approximate surface area is 118 Å². The fourth-order valence-corrected chi connectivity index (χ4v) is 3.78. The molecule has 0 saturated heterocycles. The normalized spacial score (nSPS) is 13.4. The summed E-state index contributed by atoms with van der Waals surface area (Å²) in [7, 11) is -4.07. The molecule has 1 aromatic carbocycles. The summed E-state index contributed by atoms with van der Waals surface area (Å²) in [4.78, 5) is 2.94. The molecular formula is C11H10F2N2O3S2. The lowest BCUT2D eigenvalue weighted by atomic mass is 10.1. The number of rotatable bonds is 4. The molecule has 20 heavy (non-hydrogen) atoms. The van der Waals surface area contributed by atoms with Crippen LogP contribution in [0.4, 0.5) is 8.78 Å². The number of aliphatic hydroxyl groups is 1. The zero-order chi connectivity index (χ0) is 14.9. The fourth-order valence-electron chi connectivity index (χ4n) is 1.60. The summed E-state index contributed by atoms with van der Waals surface area (Å²) in [6, 6.07) is 1.26. The molecule has 0 aliphatic carbocycles. The van der Waals surface area contributed by atoms with E-state index >= 15 is 0 Å². The molecule has 0 aliphatic heterocycles. The summed E-state index contributed by atoms with van der Waals surface area (Å²) in [6.45, 7) is 1.26. The van der Waals surface area contributed by atoms with Crippen molar-refractivity contribution in [1.82, 2.24) is 9.36 Å². The molecular weight excluding hydrogens is 310 g/mol. The van der Waals surface area contributed by atoms with E-state index in [1.807, 2.05) is 0 Å². The van der Waals surface area contributed by atoms with Crippen LogP contribution >= 0.6 is 11.5 Å². The Morgan fingerprint density at radius 1 is 1.35 bits per heavy atom. The predicted molar refractivity (Wildman–Crippen MR) is 67.8 cm³/mol. The lowest BCUT2D eigenvalue weighted by Crippen LogP contribution is -2.09. The van der Waals surface area contributed by atoms with E-state index in [4.69, 9.17) is 0 Å². The molecule has 0 bridgehead atoms. The van der Waals surface area contributed by atoms with Crippen molar-refractivity contribution in [2.24, 2.45) is 0 Å². The number of benzene rings is 1. The number of hydrogen-bond acceptors (Lipinski definition) is 6. The Hall–Kier alpha value is -1.45. The van der Waals surface area contributed by atoms with Gasteiger partial charge in [0.15, 0.2) is 9.84 Å². The third kappa shape index (κ3) is 3.00. The highest BCUT2D eigenvalue weighted by atomic mass is 32.2. The first kappa shape index (κ1) is 14.9. The van der Waals surface area contributed by atoms with Crippen LogP contribution in [0.2, 0.25) is 0 Å². The molecule has 1 aromatic heterocycles. The van der Waals surface area contributed by atoms with Gasteiger partial charge in [0.05, 0.1) is 6.10 Å². The van der Waals surface area contributed by atoms with Gasteiger partial charge in [-0.05, 0) is 30.6 Å². The number of hydrogen-bond donors (Lipinski definition) is 1. The van der Waals surface area contributed by atoms with Gasteiger partial charge in [0, 0.05) is 5.56 Å². The van der Waals surface area contributed by atoms with Crippen molar-refractivity contribution in [3.63, 3.8) is 0 Å². The number of sulfone groups is 1. The van der Waals surface area contributed by atoms with E-state index in [1.54, 1.807) is 0 Å². The highest BCUT2D eigenvalue weighted by Gasteiger charge is 2.24. The van der Waals surface area contributed by atoms with Gasteiger partial charge in [-0.2, -0.15) is 4.37 Å². The minimum absolute atomic E-state index is 0.185. The predicted octanol–water partition coefficient (Wildman–Crippen LogP) is 1.84. The first-order valence-electron chi connectivity index (χ1n) is 5.46. The summed E-state index contributed by atoms with van der Waals surface area (Å²) >= 11 is 0.866. The third-order valence-corrected chi connectivity index (χ3v) is 5.04. The maximum absolute atomic E-state index is 13.8. The van der Waals surface area contributed by atoms with Crippen molar-refractivity contribution in [2.45, 2.75) is 23.7 Å². The number of aliphatic hydroxyl groups excluding tert-OH is 1. The Kier molecular flexibility index (Phi) is 4.11. The van der Waals surface area contributed by atoms with E-state index < -0.39 is 38.2 Å². The molecule has 5 nitrogen and oxygen atoms in total. The first-order valence-corrected chi connectivity index (χ1v) is 7.89. The van der Waals surface area contributed by atoms with Crippen LogP contribution in [0.25, 0.3) is 0 Å². The second-order valence-corrected chi connectivity index (χ2v) is 6.90. The van der Waals surface area contributed by atoms with Gasteiger partial charge in [0.25, 0.3) is 0 Å². The van der Waals surface area contributed by atoms with Crippen molar-refractivity contribution in [3.8, 4) is 0 Å². The van der Waals surface area contributed by atoms with E-state index in [0.717, 1.165) is 11.5 Å². The summed E-state index contributed by atoms with van der Waals surface area (Å²) in [6.07, 6.45) is -0.0485. The fraction of sp³-hybridized carbons (Fsp3) is 0.273. The molecule has 1 unspecified atom stereocenters. The molecule has 2 aromatic rings. The van der Waals surface area contributed by atoms with E-state index in [1.165, 1.54) is 13.3 Å². The van der Waals surface area contributed by atoms with E-state index in [-0.39, 0.29) is 10.6 Å². The second kappa shape index (κ2) is 5.51. The molecule has 0 spiro atoms. The summed E-state index contributed by atoms with van der Waals surface area (Å²) in [5, 5.41) is 9.44. The molecule has 108 valence electrons. The second-order valence-electron chi connectivity index (χ2n) is 4.07. The van der Waals surface area contributed by atoms with E-state index in [9.17, 15) is 22.3 Å². The van der Waals surface area contributed by atoms with Crippen molar-refractivity contribution in [3.05, 3.63) is 40.7 Å². The molecule has 0 radical (unpaired) electrons. The minimum Gasteiger partial charge on any atom is -0.389 e. The molecule has 0 aliphatic rings. The summed E-state index contributed by atoms with van der Waals surface area (Å²) < 4.78 is 55.2. The molecule has 1 heterocycles. The topological polar surface area (TPSA) is 80.1 Å². The van der Waals surface area contributed by atoms with Gasteiger partial charge in [0.1, 0.15) is 33.6 Å². The molecule has 1 atom stereocenters. The van der Waals surface area contributed by atoms with Crippen molar-refractivity contribution in [1.29, 1.82) is 0 Å². The smallest absolute Gasteiger partial charge is 0.187 e. The first-order chi connectivity index (χ1) is 9.31. The van der Waals surface area contributed by atoms with Gasteiger partial charge < -0.3 is 5.11 Å². The largest absolute Gasteiger partial charge is 0.389 e. The summed E-state index contributed by atoms with van der Waals surface area (Å²) in [5.41, 5.74) is -0.294. The van der Waals surface area contributed by atoms with Gasteiger partial charge in [0.2, 0.25) is 0 Å². The van der Waals surface area contributed by atoms with Crippen LogP contribution in [0.3, 0.4) is 0 Å². The lowest BCUT2D eigenvalue weighted by Gasteiger charge is -2.10. The average Bonchev–Trinajstić information content (AvgIpc) is 2.83. The van der Waals surface area contributed by atoms with Crippen molar-refractivity contribution < 1.29 is 22.3 Å². The van der Waals surface area contributed by atoms with Gasteiger partial charge >= 0.3 is 0 Å². The lowest BCUT2D eigenvalue weighted by molar-refractivity contribution is 0.193. The quantitative estimate of drug-likeness (QED) is 0.930. The minimum atomic E-state index is -4.07. The van der Waals surface area contributed by atoms with Gasteiger partial charge in [-0.3, -0.25) is 0 Å². The molecule has 0 saturated carbocycles. The molecule has 0 amide bonds. The van der Waals surface area contributed by atoms with Crippen LogP contribution in [-0.2, 0) is 15.6 Å². The average molecular weight is 320 g/mol. The highest BCUT2D eigenvalue weighted by Crippen LogP contribution is 2.26. The Bertz CT molecular complexity index is 716. The van der Waals surface area contributed by atoms with E-state index in [0.29, 0.717) is 12.1 Å². The maximum Gasteiger partial charge on any atom is 0.187 e. The Morgan fingerprint density at radius 3 is 2.60 bits per heavy atom. The molecule has 1 N–H and O–H groups in total. The van der Waals surface area contributed by atoms with Crippen LogP contribution < -0.4 is 0 Å². The van der Waals surface area contributed by atoms with Gasteiger partial charge in [-0.1, -0.05) is 0 Å². The van der Waals surface area contributed by atoms with Crippen LogP contribution in [0, 0.1) is 11.6 Å². The standard InChI is InChI=1S/C11H10F2N2O3S2/c1-6(16)7-2-9(13)10(3-8(7)12)20(17,18)4-11-14-5-15-19-11/h2-3,5-6,16H,4H2,1H3. The molecule has 2 rings (SSSR count).